The Morgan fingerprint density at radius 2 is 1.89 bits per heavy atom. The van der Waals surface area contributed by atoms with E-state index in [1.165, 1.54) is 0 Å². The molecule has 0 aliphatic rings. The lowest BCUT2D eigenvalue weighted by atomic mass is 10.2. The molecule has 0 aliphatic carbocycles. The predicted molar refractivity (Wildman–Crippen MR) is 75.4 cm³/mol. The molecule has 2 N–H and O–H groups in total. The van der Waals surface area contributed by atoms with Gasteiger partial charge < -0.3 is 10.6 Å². The molecule has 0 saturated carbocycles. The zero-order valence-electron chi connectivity index (χ0n) is 10.6. The smallest absolute Gasteiger partial charge is 0.224 e. The van der Waals surface area contributed by atoms with Crippen molar-refractivity contribution in [3.63, 3.8) is 0 Å². The van der Waals surface area contributed by atoms with Gasteiger partial charge in [0.2, 0.25) is 5.28 Å². The summed E-state index contributed by atoms with van der Waals surface area (Å²) < 4.78 is 0. The van der Waals surface area contributed by atoms with Crippen LogP contribution in [0.2, 0.25) is 5.28 Å². The second kappa shape index (κ2) is 5.12. The number of nitrogens with two attached hydrogens (primary N) is 1. The van der Waals surface area contributed by atoms with Crippen LogP contribution in [0, 0.1) is 18.3 Å². The van der Waals surface area contributed by atoms with Crippen LogP contribution in [0.15, 0.2) is 24.3 Å². The molecule has 6 heteroatoms. The lowest BCUT2D eigenvalue weighted by Crippen LogP contribution is -2.15. The number of nitriles is 1. The number of aromatic nitrogens is 2. The topological polar surface area (TPSA) is 78.8 Å². The number of benzene rings is 1. The van der Waals surface area contributed by atoms with Gasteiger partial charge in [-0.3, -0.25) is 0 Å². The normalized spacial score (nSPS) is 10.0. The maximum atomic E-state index is 8.78. The van der Waals surface area contributed by atoms with E-state index in [9.17, 15) is 0 Å². The Labute approximate surface area is 116 Å². The van der Waals surface area contributed by atoms with Crippen LogP contribution in [0.5, 0.6) is 0 Å². The quantitative estimate of drug-likeness (QED) is 0.851. The maximum Gasteiger partial charge on any atom is 0.224 e. The van der Waals surface area contributed by atoms with Gasteiger partial charge in [-0.25, -0.2) is 4.98 Å². The Morgan fingerprint density at radius 1 is 1.26 bits per heavy atom. The lowest BCUT2D eigenvalue weighted by Gasteiger charge is -2.20. The summed E-state index contributed by atoms with van der Waals surface area (Å²) in [6.07, 6.45) is 0. The highest BCUT2D eigenvalue weighted by Gasteiger charge is 2.13. The summed E-state index contributed by atoms with van der Waals surface area (Å²) in [4.78, 5) is 9.94. The van der Waals surface area contributed by atoms with E-state index in [1.54, 1.807) is 24.0 Å². The van der Waals surface area contributed by atoms with Crippen LogP contribution in [-0.4, -0.2) is 17.0 Å². The van der Waals surface area contributed by atoms with E-state index in [-0.39, 0.29) is 5.28 Å². The summed E-state index contributed by atoms with van der Waals surface area (Å²) in [5.41, 5.74) is 8.55. The number of rotatable bonds is 2. The first kappa shape index (κ1) is 13.1. The molecule has 0 saturated heterocycles. The van der Waals surface area contributed by atoms with Gasteiger partial charge in [0, 0.05) is 12.7 Å². The summed E-state index contributed by atoms with van der Waals surface area (Å²) >= 11 is 5.85. The van der Waals surface area contributed by atoms with Crippen LogP contribution < -0.4 is 10.6 Å². The second-order valence-corrected chi connectivity index (χ2v) is 4.37. The van der Waals surface area contributed by atoms with Crippen molar-refractivity contribution in [2.75, 3.05) is 17.7 Å². The fourth-order valence-corrected chi connectivity index (χ4v) is 1.88. The number of hydrogen-bond acceptors (Lipinski definition) is 5. The fraction of sp³-hybridized carbons (Fsp3) is 0.154. The second-order valence-electron chi connectivity index (χ2n) is 4.03. The van der Waals surface area contributed by atoms with Gasteiger partial charge in [0.05, 0.1) is 23.0 Å². The van der Waals surface area contributed by atoms with Gasteiger partial charge in [-0.1, -0.05) is 0 Å². The van der Waals surface area contributed by atoms with Crippen molar-refractivity contribution in [2.45, 2.75) is 6.92 Å². The molecule has 1 aromatic carbocycles. The number of anilines is 3. The predicted octanol–water partition coefficient (Wildman–Crippen LogP) is 2.66. The third kappa shape index (κ3) is 2.59. The standard InChI is InChI=1S/C13H12ClN5/c1-8-11(16)12(18-13(14)17-8)19(2)10-5-3-9(7-15)4-6-10/h3-6H,16H2,1-2H3. The Bertz CT molecular complexity index is 645. The Hall–Kier alpha value is -2.32. The third-order valence-electron chi connectivity index (χ3n) is 2.79. The van der Waals surface area contributed by atoms with E-state index in [2.05, 4.69) is 16.0 Å². The highest BCUT2D eigenvalue weighted by Crippen LogP contribution is 2.29. The largest absolute Gasteiger partial charge is 0.394 e. The Morgan fingerprint density at radius 3 is 2.47 bits per heavy atom. The summed E-state index contributed by atoms with van der Waals surface area (Å²) in [7, 11) is 1.83. The maximum absolute atomic E-state index is 8.78. The minimum atomic E-state index is 0.155. The van der Waals surface area contributed by atoms with E-state index in [0.29, 0.717) is 22.8 Å². The summed E-state index contributed by atoms with van der Waals surface area (Å²) in [5.74, 6) is 0.544. The van der Waals surface area contributed by atoms with Crippen molar-refractivity contribution < 1.29 is 0 Å². The van der Waals surface area contributed by atoms with E-state index in [4.69, 9.17) is 22.6 Å². The molecule has 2 rings (SSSR count). The minimum absolute atomic E-state index is 0.155. The van der Waals surface area contributed by atoms with Gasteiger partial charge in [-0.05, 0) is 42.8 Å². The molecule has 0 bridgehead atoms. The first-order valence-corrected chi connectivity index (χ1v) is 5.94. The van der Waals surface area contributed by atoms with Crippen molar-refractivity contribution in [1.29, 1.82) is 5.26 Å². The van der Waals surface area contributed by atoms with E-state index >= 15 is 0 Å². The number of nitrogen functional groups attached to an aromatic ring is 1. The molecular formula is C13H12ClN5. The zero-order valence-corrected chi connectivity index (χ0v) is 11.3. The zero-order chi connectivity index (χ0) is 14.0. The molecule has 0 amide bonds. The fourth-order valence-electron chi connectivity index (χ4n) is 1.67. The molecule has 0 aliphatic heterocycles. The first-order chi connectivity index (χ1) is 9.02. The third-order valence-corrected chi connectivity index (χ3v) is 2.96. The molecule has 1 aromatic heterocycles. The van der Waals surface area contributed by atoms with Gasteiger partial charge in [-0.15, -0.1) is 0 Å². The molecule has 96 valence electrons. The number of aryl methyl sites for hydroxylation is 1. The van der Waals surface area contributed by atoms with E-state index in [0.717, 1.165) is 5.69 Å². The van der Waals surface area contributed by atoms with Crippen LogP contribution in [0.25, 0.3) is 0 Å². The number of nitrogens with zero attached hydrogens (tertiary/aromatic N) is 4. The highest BCUT2D eigenvalue weighted by atomic mass is 35.5. The summed E-state index contributed by atoms with van der Waals surface area (Å²) in [6.45, 7) is 1.78. The van der Waals surface area contributed by atoms with Crippen LogP contribution in [0.4, 0.5) is 17.2 Å². The molecule has 0 unspecified atom stereocenters. The lowest BCUT2D eigenvalue weighted by molar-refractivity contribution is 1.05. The molecule has 1 heterocycles. The SMILES string of the molecule is Cc1nc(Cl)nc(N(C)c2ccc(C#N)cc2)c1N. The molecule has 2 aromatic rings. The van der Waals surface area contributed by atoms with Crippen LogP contribution in [0.1, 0.15) is 11.3 Å². The van der Waals surface area contributed by atoms with Crippen LogP contribution in [0.3, 0.4) is 0 Å². The first-order valence-electron chi connectivity index (χ1n) is 5.56. The summed E-state index contributed by atoms with van der Waals surface area (Å²) in [5, 5.41) is 8.93. The van der Waals surface area contributed by atoms with Crippen LogP contribution >= 0.6 is 11.6 Å². The van der Waals surface area contributed by atoms with Gasteiger partial charge in [0.1, 0.15) is 0 Å². The van der Waals surface area contributed by atoms with Crippen molar-refractivity contribution in [1.82, 2.24) is 9.97 Å². The molecule has 19 heavy (non-hydrogen) atoms. The van der Waals surface area contributed by atoms with Crippen molar-refractivity contribution in [3.8, 4) is 6.07 Å². The van der Waals surface area contributed by atoms with Gasteiger partial charge in [-0.2, -0.15) is 10.2 Å². The van der Waals surface area contributed by atoms with E-state index < -0.39 is 0 Å². The van der Waals surface area contributed by atoms with Crippen molar-refractivity contribution in [2.24, 2.45) is 0 Å². The van der Waals surface area contributed by atoms with Gasteiger partial charge >= 0.3 is 0 Å². The Kier molecular flexibility index (Phi) is 3.54. The molecular weight excluding hydrogens is 262 g/mol. The average molecular weight is 274 g/mol. The summed E-state index contributed by atoms with van der Waals surface area (Å²) in [6, 6.07) is 9.19. The number of halogens is 1. The molecule has 0 radical (unpaired) electrons. The van der Waals surface area contributed by atoms with Crippen LogP contribution in [-0.2, 0) is 0 Å². The van der Waals surface area contributed by atoms with Crippen molar-refractivity contribution >= 4 is 28.8 Å². The number of hydrogen-bond donors (Lipinski definition) is 1. The van der Waals surface area contributed by atoms with Gasteiger partial charge in [0.15, 0.2) is 5.82 Å². The minimum Gasteiger partial charge on any atom is -0.394 e. The Balaban J connectivity index is 2.43. The average Bonchev–Trinajstić information content (AvgIpc) is 2.42. The van der Waals surface area contributed by atoms with Crippen molar-refractivity contribution in [3.05, 3.63) is 40.8 Å². The molecule has 0 spiro atoms. The van der Waals surface area contributed by atoms with Gasteiger partial charge in [0.25, 0.3) is 0 Å². The molecule has 5 nitrogen and oxygen atoms in total. The monoisotopic (exact) mass is 273 g/mol. The molecule has 0 fully saturated rings. The molecule has 0 atom stereocenters. The van der Waals surface area contributed by atoms with E-state index in [1.807, 2.05) is 19.2 Å². The highest BCUT2D eigenvalue weighted by molar-refractivity contribution is 6.28.